The molecular weight excluding hydrogens is 240 g/mol. The third-order valence-corrected chi connectivity index (χ3v) is 4.25. The van der Waals surface area contributed by atoms with Gasteiger partial charge in [0.25, 0.3) is 0 Å². The van der Waals surface area contributed by atoms with Crippen molar-refractivity contribution in [1.82, 2.24) is 10.3 Å². The zero-order chi connectivity index (χ0) is 12.6. The summed E-state index contributed by atoms with van der Waals surface area (Å²) in [6.07, 6.45) is 7.76. The van der Waals surface area contributed by atoms with E-state index in [-0.39, 0.29) is 0 Å². The second-order valence-electron chi connectivity index (χ2n) is 4.70. The van der Waals surface area contributed by atoms with E-state index in [9.17, 15) is 0 Å². The van der Waals surface area contributed by atoms with Gasteiger partial charge in [0, 0.05) is 0 Å². The van der Waals surface area contributed by atoms with Crippen molar-refractivity contribution in [3.8, 4) is 0 Å². The SMILES string of the molecule is CNCCCCCCCc1nc2ccccc2s1. The summed E-state index contributed by atoms with van der Waals surface area (Å²) in [7, 11) is 2.02. The zero-order valence-electron chi connectivity index (χ0n) is 11.1. The average Bonchev–Trinajstić information content (AvgIpc) is 2.80. The van der Waals surface area contributed by atoms with Gasteiger partial charge in [0.2, 0.25) is 0 Å². The van der Waals surface area contributed by atoms with Crippen molar-refractivity contribution in [3.63, 3.8) is 0 Å². The maximum Gasteiger partial charge on any atom is 0.0938 e. The standard InChI is InChI=1S/C15H22N2S/c1-16-12-8-4-2-3-5-11-15-17-13-9-6-7-10-14(13)18-15/h6-7,9-10,16H,2-5,8,11-12H2,1H3. The summed E-state index contributed by atoms with van der Waals surface area (Å²) in [5, 5.41) is 4.49. The summed E-state index contributed by atoms with van der Waals surface area (Å²) < 4.78 is 1.32. The minimum absolute atomic E-state index is 1.14. The maximum absolute atomic E-state index is 4.67. The summed E-state index contributed by atoms with van der Waals surface area (Å²) >= 11 is 1.85. The van der Waals surface area contributed by atoms with Crippen LogP contribution in [0.25, 0.3) is 10.2 Å². The number of thiazole rings is 1. The van der Waals surface area contributed by atoms with Gasteiger partial charge in [0.05, 0.1) is 15.2 Å². The second kappa shape index (κ2) is 7.49. The molecule has 1 aromatic heterocycles. The molecule has 0 radical (unpaired) electrons. The minimum Gasteiger partial charge on any atom is -0.320 e. The molecule has 98 valence electrons. The summed E-state index contributed by atoms with van der Waals surface area (Å²) in [6.45, 7) is 1.15. The van der Waals surface area contributed by atoms with Crippen molar-refractivity contribution in [2.24, 2.45) is 0 Å². The summed E-state index contributed by atoms with van der Waals surface area (Å²) in [5.74, 6) is 0. The maximum atomic E-state index is 4.67. The van der Waals surface area contributed by atoms with Gasteiger partial charge < -0.3 is 5.32 Å². The number of unbranched alkanes of at least 4 members (excludes halogenated alkanes) is 4. The largest absolute Gasteiger partial charge is 0.320 e. The van der Waals surface area contributed by atoms with Crippen molar-refractivity contribution in [2.75, 3.05) is 13.6 Å². The molecule has 0 fully saturated rings. The zero-order valence-corrected chi connectivity index (χ0v) is 11.9. The van der Waals surface area contributed by atoms with E-state index in [0.717, 1.165) is 18.5 Å². The quantitative estimate of drug-likeness (QED) is 0.727. The van der Waals surface area contributed by atoms with E-state index in [1.54, 1.807) is 0 Å². The number of aromatic nitrogens is 1. The Morgan fingerprint density at radius 1 is 1.06 bits per heavy atom. The molecule has 1 aromatic carbocycles. The highest BCUT2D eigenvalue weighted by molar-refractivity contribution is 7.18. The Kier molecular flexibility index (Phi) is 5.62. The van der Waals surface area contributed by atoms with E-state index in [1.165, 1.54) is 41.8 Å². The molecule has 0 saturated heterocycles. The molecule has 1 N–H and O–H groups in total. The Morgan fingerprint density at radius 2 is 1.83 bits per heavy atom. The smallest absolute Gasteiger partial charge is 0.0938 e. The van der Waals surface area contributed by atoms with Gasteiger partial charge >= 0.3 is 0 Å². The molecule has 0 atom stereocenters. The lowest BCUT2D eigenvalue weighted by atomic mass is 10.1. The molecule has 2 rings (SSSR count). The average molecular weight is 262 g/mol. The predicted molar refractivity (Wildman–Crippen MR) is 80.3 cm³/mol. The molecule has 0 aliphatic heterocycles. The molecular formula is C15H22N2S. The number of rotatable bonds is 8. The van der Waals surface area contributed by atoms with Crippen LogP contribution < -0.4 is 5.32 Å². The number of nitrogens with one attached hydrogen (secondary N) is 1. The molecule has 18 heavy (non-hydrogen) atoms. The molecule has 3 heteroatoms. The molecule has 0 amide bonds. The van der Waals surface area contributed by atoms with Crippen LogP contribution in [-0.2, 0) is 6.42 Å². The molecule has 0 aliphatic carbocycles. The van der Waals surface area contributed by atoms with E-state index in [4.69, 9.17) is 0 Å². The molecule has 0 aliphatic rings. The van der Waals surface area contributed by atoms with Crippen LogP contribution >= 0.6 is 11.3 Å². The first-order chi connectivity index (χ1) is 8.90. The highest BCUT2D eigenvalue weighted by Gasteiger charge is 2.02. The lowest BCUT2D eigenvalue weighted by Crippen LogP contribution is -2.06. The van der Waals surface area contributed by atoms with Gasteiger partial charge in [0.1, 0.15) is 0 Å². The van der Waals surface area contributed by atoms with Crippen LogP contribution in [0.15, 0.2) is 24.3 Å². The van der Waals surface area contributed by atoms with Crippen LogP contribution in [0, 0.1) is 0 Å². The van der Waals surface area contributed by atoms with Gasteiger partial charge in [0.15, 0.2) is 0 Å². The van der Waals surface area contributed by atoms with Crippen LogP contribution in [0.4, 0.5) is 0 Å². The Morgan fingerprint density at radius 3 is 2.67 bits per heavy atom. The third kappa shape index (κ3) is 4.07. The van der Waals surface area contributed by atoms with E-state index in [1.807, 2.05) is 18.4 Å². The number of aryl methyl sites for hydroxylation is 1. The fraction of sp³-hybridized carbons (Fsp3) is 0.533. The van der Waals surface area contributed by atoms with Crippen molar-refractivity contribution in [2.45, 2.75) is 38.5 Å². The number of benzene rings is 1. The molecule has 2 aromatic rings. The molecule has 0 bridgehead atoms. The fourth-order valence-corrected chi connectivity index (χ4v) is 3.14. The summed E-state index contributed by atoms with van der Waals surface area (Å²) in [6, 6.07) is 8.42. The second-order valence-corrected chi connectivity index (χ2v) is 5.81. The van der Waals surface area contributed by atoms with E-state index in [2.05, 4.69) is 34.6 Å². The van der Waals surface area contributed by atoms with Crippen molar-refractivity contribution < 1.29 is 0 Å². The first kappa shape index (κ1) is 13.5. The Balaban J connectivity index is 1.67. The van der Waals surface area contributed by atoms with Gasteiger partial charge in [-0.1, -0.05) is 31.4 Å². The molecule has 0 unspecified atom stereocenters. The highest BCUT2D eigenvalue weighted by atomic mass is 32.1. The van der Waals surface area contributed by atoms with Gasteiger partial charge in [-0.25, -0.2) is 4.98 Å². The summed E-state index contributed by atoms with van der Waals surface area (Å²) in [5.41, 5.74) is 1.16. The topological polar surface area (TPSA) is 24.9 Å². The molecule has 0 saturated carbocycles. The number of hydrogen-bond acceptors (Lipinski definition) is 3. The summed E-state index contributed by atoms with van der Waals surface area (Å²) in [4.78, 5) is 4.67. The monoisotopic (exact) mass is 262 g/mol. The van der Waals surface area contributed by atoms with Crippen LogP contribution in [0.1, 0.15) is 37.1 Å². The number of nitrogens with zero attached hydrogens (tertiary/aromatic N) is 1. The molecule has 1 heterocycles. The van der Waals surface area contributed by atoms with Gasteiger partial charge in [-0.3, -0.25) is 0 Å². The molecule has 2 nitrogen and oxygen atoms in total. The highest BCUT2D eigenvalue weighted by Crippen LogP contribution is 2.22. The first-order valence-corrected chi connectivity index (χ1v) is 7.71. The van der Waals surface area contributed by atoms with Crippen molar-refractivity contribution in [3.05, 3.63) is 29.3 Å². The number of para-hydroxylation sites is 1. The fourth-order valence-electron chi connectivity index (χ4n) is 2.14. The van der Waals surface area contributed by atoms with Crippen LogP contribution in [0.2, 0.25) is 0 Å². The van der Waals surface area contributed by atoms with Crippen molar-refractivity contribution in [1.29, 1.82) is 0 Å². The minimum atomic E-state index is 1.14. The van der Waals surface area contributed by atoms with Crippen LogP contribution in [0.3, 0.4) is 0 Å². The lowest BCUT2D eigenvalue weighted by molar-refractivity contribution is 0.596. The Bertz CT molecular complexity index is 431. The van der Waals surface area contributed by atoms with Gasteiger partial charge in [-0.05, 0) is 45.0 Å². The Hall–Kier alpha value is -0.930. The van der Waals surface area contributed by atoms with Crippen molar-refractivity contribution >= 4 is 21.6 Å². The number of hydrogen-bond donors (Lipinski definition) is 1. The number of fused-ring (bicyclic) bond motifs is 1. The first-order valence-electron chi connectivity index (χ1n) is 6.89. The van der Waals surface area contributed by atoms with Crippen LogP contribution in [0.5, 0.6) is 0 Å². The van der Waals surface area contributed by atoms with Crippen LogP contribution in [-0.4, -0.2) is 18.6 Å². The van der Waals surface area contributed by atoms with Gasteiger partial charge in [-0.2, -0.15) is 0 Å². The Labute approximate surface area is 113 Å². The predicted octanol–water partition coefficient (Wildman–Crippen LogP) is 4.01. The van der Waals surface area contributed by atoms with E-state index < -0.39 is 0 Å². The van der Waals surface area contributed by atoms with Gasteiger partial charge in [-0.15, -0.1) is 11.3 Å². The van der Waals surface area contributed by atoms with E-state index in [0.29, 0.717) is 0 Å². The lowest BCUT2D eigenvalue weighted by Gasteiger charge is -2.00. The van der Waals surface area contributed by atoms with E-state index >= 15 is 0 Å². The molecule has 0 spiro atoms. The normalized spacial score (nSPS) is 11.2. The third-order valence-electron chi connectivity index (χ3n) is 3.16.